The average Bonchev–Trinajstić information content (AvgIpc) is 2.95. The lowest BCUT2D eigenvalue weighted by molar-refractivity contribution is -0.139. The summed E-state index contributed by atoms with van der Waals surface area (Å²) >= 11 is 4.58. The van der Waals surface area contributed by atoms with Gasteiger partial charge in [-0.05, 0) is 35.0 Å². The molecule has 1 aromatic heterocycles. The van der Waals surface area contributed by atoms with Crippen LogP contribution < -0.4 is 0 Å². The molecule has 0 aliphatic carbocycles. The molecule has 7 heteroatoms. The van der Waals surface area contributed by atoms with Gasteiger partial charge in [0.1, 0.15) is 10.8 Å². The van der Waals surface area contributed by atoms with E-state index >= 15 is 0 Å². The van der Waals surface area contributed by atoms with Gasteiger partial charge >= 0.3 is 5.97 Å². The van der Waals surface area contributed by atoms with E-state index in [0.29, 0.717) is 23.5 Å². The number of nitrogens with zero attached hydrogens (tertiary/aromatic N) is 2. The van der Waals surface area contributed by atoms with Gasteiger partial charge in [-0.2, -0.15) is 5.10 Å². The summed E-state index contributed by atoms with van der Waals surface area (Å²) in [4.78, 5) is 11.2. The van der Waals surface area contributed by atoms with Crippen molar-refractivity contribution in [3.05, 3.63) is 22.6 Å². The van der Waals surface area contributed by atoms with Crippen LogP contribution in [-0.2, 0) is 9.53 Å². The van der Waals surface area contributed by atoms with Crippen molar-refractivity contribution in [1.29, 1.82) is 0 Å². The number of carbonyl (C=O) groups is 1. The normalized spacial score (nSPS) is 14.3. The van der Waals surface area contributed by atoms with Crippen molar-refractivity contribution >= 4 is 44.4 Å². The fourth-order valence-corrected chi connectivity index (χ4v) is 2.37. The first kappa shape index (κ1) is 13.4. The van der Waals surface area contributed by atoms with Gasteiger partial charge in [0.15, 0.2) is 10.4 Å². The third-order valence-corrected chi connectivity index (χ3v) is 3.49. The molecule has 0 aromatic carbocycles. The van der Waals surface area contributed by atoms with Crippen LogP contribution in [0, 0.1) is 0 Å². The Labute approximate surface area is 117 Å². The SMILES string of the molecule is CCOC(=O)CSC1=NN=C(c2ccc(Br)o2)C1. The molecule has 1 aliphatic heterocycles. The van der Waals surface area contributed by atoms with Gasteiger partial charge in [0.2, 0.25) is 0 Å². The lowest BCUT2D eigenvalue weighted by atomic mass is 10.2. The molecular formula is C11H11BrN2O3S. The molecule has 0 saturated carbocycles. The third-order valence-electron chi connectivity index (χ3n) is 2.12. The van der Waals surface area contributed by atoms with Crippen molar-refractivity contribution < 1.29 is 13.9 Å². The summed E-state index contributed by atoms with van der Waals surface area (Å²) in [5.74, 6) is 0.717. The van der Waals surface area contributed by atoms with Crippen molar-refractivity contribution in [2.45, 2.75) is 13.3 Å². The van der Waals surface area contributed by atoms with Crippen LogP contribution in [0.4, 0.5) is 0 Å². The number of furan rings is 1. The maximum Gasteiger partial charge on any atom is 0.316 e. The zero-order chi connectivity index (χ0) is 13.0. The van der Waals surface area contributed by atoms with E-state index < -0.39 is 0 Å². The molecule has 0 N–H and O–H groups in total. The van der Waals surface area contributed by atoms with Crippen molar-refractivity contribution in [3.8, 4) is 0 Å². The number of ether oxygens (including phenoxy) is 1. The third kappa shape index (κ3) is 3.46. The zero-order valence-corrected chi connectivity index (χ0v) is 12.1. The minimum Gasteiger partial charge on any atom is -0.465 e. The van der Waals surface area contributed by atoms with E-state index in [1.807, 2.05) is 12.1 Å². The van der Waals surface area contributed by atoms with Crippen LogP contribution in [-0.4, -0.2) is 29.1 Å². The molecular weight excluding hydrogens is 320 g/mol. The minimum atomic E-state index is -0.237. The van der Waals surface area contributed by atoms with Crippen molar-refractivity contribution in [2.24, 2.45) is 10.2 Å². The molecule has 96 valence electrons. The monoisotopic (exact) mass is 330 g/mol. The van der Waals surface area contributed by atoms with Gasteiger partial charge in [-0.25, -0.2) is 0 Å². The first-order chi connectivity index (χ1) is 8.69. The number of esters is 1. The van der Waals surface area contributed by atoms with Crippen molar-refractivity contribution in [2.75, 3.05) is 12.4 Å². The topological polar surface area (TPSA) is 64.2 Å². The van der Waals surface area contributed by atoms with Crippen LogP contribution in [0.15, 0.2) is 31.4 Å². The van der Waals surface area contributed by atoms with Gasteiger partial charge in [-0.15, -0.1) is 5.10 Å². The Hall–Kier alpha value is -1.08. The summed E-state index contributed by atoms with van der Waals surface area (Å²) < 4.78 is 10.9. The minimum absolute atomic E-state index is 0.237. The number of thioether (sulfide) groups is 1. The largest absolute Gasteiger partial charge is 0.465 e. The van der Waals surface area contributed by atoms with Gasteiger partial charge in [-0.1, -0.05) is 11.8 Å². The molecule has 1 aromatic rings. The van der Waals surface area contributed by atoms with Gasteiger partial charge in [-0.3, -0.25) is 4.79 Å². The van der Waals surface area contributed by atoms with E-state index in [-0.39, 0.29) is 11.7 Å². The molecule has 0 amide bonds. The zero-order valence-electron chi connectivity index (χ0n) is 9.68. The summed E-state index contributed by atoms with van der Waals surface area (Å²) in [5, 5.41) is 8.86. The van der Waals surface area contributed by atoms with Crippen LogP contribution in [0.25, 0.3) is 0 Å². The molecule has 2 rings (SSSR count). The van der Waals surface area contributed by atoms with E-state index in [1.165, 1.54) is 11.8 Å². The molecule has 18 heavy (non-hydrogen) atoms. The Morgan fingerprint density at radius 1 is 1.56 bits per heavy atom. The summed E-state index contributed by atoms with van der Waals surface area (Å²) in [7, 11) is 0. The van der Waals surface area contributed by atoms with Crippen LogP contribution >= 0.6 is 27.7 Å². The Kier molecular flexibility index (Phi) is 4.60. The molecule has 0 saturated heterocycles. The maximum absolute atomic E-state index is 11.2. The second-order valence-corrected chi connectivity index (χ2v) is 5.24. The maximum atomic E-state index is 11.2. The summed E-state index contributed by atoms with van der Waals surface area (Å²) in [6.45, 7) is 2.18. The lowest BCUT2D eigenvalue weighted by Gasteiger charge is -2.00. The Bertz CT molecular complexity index is 510. The van der Waals surface area contributed by atoms with Gasteiger partial charge in [0.05, 0.1) is 12.4 Å². The van der Waals surface area contributed by atoms with E-state index in [9.17, 15) is 4.79 Å². The van der Waals surface area contributed by atoms with Crippen molar-refractivity contribution in [3.63, 3.8) is 0 Å². The van der Waals surface area contributed by atoms with E-state index in [2.05, 4.69) is 26.1 Å². The van der Waals surface area contributed by atoms with Gasteiger partial charge in [0, 0.05) is 6.42 Å². The predicted octanol–water partition coefficient (Wildman–Crippen LogP) is 2.84. The molecule has 5 nitrogen and oxygen atoms in total. The lowest BCUT2D eigenvalue weighted by Crippen LogP contribution is -2.09. The predicted molar refractivity (Wildman–Crippen MR) is 74.1 cm³/mol. The first-order valence-corrected chi connectivity index (χ1v) is 7.14. The first-order valence-electron chi connectivity index (χ1n) is 5.36. The molecule has 0 unspecified atom stereocenters. The van der Waals surface area contributed by atoms with Gasteiger partial charge in [0.25, 0.3) is 0 Å². The van der Waals surface area contributed by atoms with Crippen LogP contribution in [0.3, 0.4) is 0 Å². The number of halogens is 1. The molecule has 0 fully saturated rings. The standard InChI is InChI=1S/C11H11BrN2O3S/c1-2-16-11(15)6-18-10-5-7(13-14-10)8-3-4-9(12)17-8/h3-4H,2,5-6H2,1H3. The van der Waals surface area contributed by atoms with Gasteiger partial charge < -0.3 is 9.15 Å². The highest BCUT2D eigenvalue weighted by Gasteiger charge is 2.18. The molecule has 2 heterocycles. The number of carbonyl (C=O) groups excluding carboxylic acids is 1. The fraction of sp³-hybridized carbons (Fsp3) is 0.364. The molecule has 0 atom stereocenters. The summed E-state index contributed by atoms with van der Waals surface area (Å²) in [6.07, 6.45) is 0.587. The molecule has 0 radical (unpaired) electrons. The Balaban J connectivity index is 1.82. The van der Waals surface area contributed by atoms with Crippen LogP contribution in [0.5, 0.6) is 0 Å². The number of rotatable bonds is 4. The van der Waals surface area contributed by atoms with E-state index in [0.717, 1.165) is 10.8 Å². The summed E-state index contributed by atoms with van der Waals surface area (Å²) in [6, 6.07) is 3.64. The quantitative estimate of drug-likeness (QED) is 0.796. The highest BCUT2D eigenvalue weighted by molar-refractivity contribution is 9.10. The Morgan fingerprint density at radius 3 is 3.06 bits per heavy atom. The second kappa shape index (κ2) is 6.19. The second-order valence-electron chi connectivity index (χ2n) is 3.41. The molecule has 0 bridgehead atoms. The smallest absolute Gasteiger partial charge is 0.316 e. The average molecular weight is 331 g/mol. The van der Waals surface area contributed by atoms with Crippen LogP contribution in [0.1, 0.15) is 19.1 Å². The molecule has 0 spiro atoms. The fourth-order valence-electron chi connectivity index (χ4n) is 1.36. The molecule has 1 aliphatic rings. The van der Waals surface area contributed by atoms with Crippen molar-refractivity contribution in [1.82, 2.24) is 0 Å². The highest BCUT2D eigenvalue weighted by Crippen LogP contribution is 2.22. The van der Waals surface area contributed by atoms with E-state index in [4.69, 9.17) is 9.15 Å². The van der Waals surface area contributed by atoms with E-state index in [1.54, 1.807) is 6.92 Å². The highest BCUT2D eigenvalue weighted by atomic mass is 79.9. The summed E-state index contributed by atoms with van der Waals surface area (Å²) in [5.41, 5.74) is 0.770. The number of hydrogen-bond donors (Lipinski definition) is 0. The number of hydrogen-bond acceptors (Lipinski definition) is 6. The van der Waals surface area contributed by atoms with Crippen LogP contribution in [0.2, 0.25) is 0 Å². The Morgan fingerprint density at radius 2 is 2.39 bits per heavy atom.